The summed E-state index contributed by atoms with van der Waals surface area (Å²) >= 11 is 0. The fraction of sp³-hybridized carbons (Fsp3) is 0.692. The van der Waals surface area contributed by atoms with E-state index >= 15 is 0 Å². The minimum atomic E-state index is -0.468. The van der Waals surface area contributed by atoms with Crippen molar-refractivity contribution in [3.8, 4) is 0 Å². The van der Waals surface area contributed by atoms with Crippen LogP contribution in [0.4, 0.5) is 4.79 Å². The Kier molecular flexibility index (Phi) is 3.54. The smallest absolute Gasteiger partial charge is 0.410 e. The van der Waals surface area contributed by atoms with Crippen molar-refractivity contribution in [3.05, 3.63) is 17.0 Å². The lowest BCUT2D eigenvalue weighted by Gasteiger charge is -2.24. The molecule has 0 aliphatic carbocycles. The van der Waals surface area contributed by atoms with E-state index in [0.717, 1.165) is 23.4 Å². The van der Waals surface area contributed by atoms with Gasteiger partial charge in [0.05, 0.1) is 24.5 Å². The van der Waals surface area contributed by atoms with E-state index in [0.29, 0.717) is 19.6 Å². The third-order valence-corrected chi connectivity index (χ3v) is 3.08. The molecule has 0 atom stereocenters. The third-order valence-electron chi connectivity index (χ3n) is 3.08. The predicted octanol–water partition coefficient (Wildman–Crippen LogP) is 1.17. The minimum absolute atomic E-state index is 0.276. The Morgan fingerprint density at radius 1 is 1.42 bits per heavy atom. The largest absolute Gasteiger partial charge is 0.444 e. The molecule has 6 nitrogen and oxygen atoms in total. The second-order valence-electron chi connectivity index (χ2n) is 5.87. The van der Waals surface area contributed by atoms with Crippen LogP contribution in [0.3, 0.4) is 0 Å². The number of aromatic nitrogens is 2. The van der Waals surface area contributed by atoms with Crippen molar-refractivity contribution in [2.45, 2.75) is 45.9 Å². The van der Waals surface area contributed by atoms with Crippen LogP contribution >= 0.6 is 0 Å². The van der Waals surface area contributed by atoms with Crippen LogP contribution in [0.25, 0.3) is 0 Å². The Morgan fingerprint density at radius 3 is 2.68 bits per heavy atom. The van der Waals surface area contributed by atoms with Gasteiger partial charge in [-0.3, -0.25) is 9.58 Å². The summed E-state index contributed by atoms with van der Waals surface area (Å²) in [6.45, 7) is 7.29. The van der Waals surface area contributed by atoms with Crippen LogP contribution in [0.1, 0.15) is 37.7 Å². The molecule has 0 aromatic carbocycles. The van der Waals surface area contributed by atoms with Gasteiger partial charge in [0.2, 0.25) is 0 Å². The average Bonchev–Trinajstić information content (AvgIpc) is 2.80. The van der Waals surface area contributed by atoms with Gasteiger partial charge in [-0.1, -0.05) is 0 Å². The molecule has 1 aromatic rings. The number of nitrogens with two attached hydrogens (primary N) is 1. The monoisotopic (exact) mass is 266 g/mol. The zero-order chi connectivity index (χ0) is 14.2. The normalized spacial score (nSPS) is 14.7. The molecule has 0 radical (unpaired) electrons. The van der Waals surface area contributed by atoms with Gasteiger partial charge in [-0.25, -0.2) is 4.79 Å². The van der Waals surface area contributed by atoms with Gasteiger partial charge in [0.15, 0.2) is 0 Å². The Hall–Kier alpha value is -1.56. The van der Waals surface area contributed by atoms with Crippen molar-refractivity contribution < 1.29 is 9.53 Å². The fourth-order valence-corrected chi connectivity index (χ4v) is 2.26. The zero-order valence-corrected chi connectivity index (χ0v) is 12.1. The Morgan fingerprint density at radius 2 is 2.11 bits per heavy atom. The summed E-state index contributed by atoms with van der Waals surface area (Å²) in [6, 6.07) is 0. The van der Waals surface area contributed by atoms with E-state index in [1.165, 1.54) is 0 Å². The van der Waals surface area contributed by atoms with Crippen LogP contribution in [-0.4, -0.2) is 32.9 Å². The highest BCUT2D eigenvalue weighted by Gasteiger charge is 2.31. The molecular formula is C13H22N4O2. The molecule has 6 heteroatoms. The maximum atomic E-state index is 12.1. The van der Waals surface area contributed by atoms with Gasteiger partial charge in [0, 0.05) is 19.0 Å². The quantitative estimate of drug-likeness (QED) is 0.872. The Bertz CT molecular complexity index is 488. The summed E-state index contributed by atoms with van der Waals surface area (Å²) < 4.78 is 7.23. The van der Waals surface area contributed by atoms with Gasteiger partial charge in [-0.15, -0.1) is 0 Å². The number of fused-ring (bicyclic) bond motifs is 1. The predicted molar refractivity (Wildman–Crippen MR) is 71.4 cm³/mol. The first kappa shape index (κ1) is 13.9. The van der Waals surface area contributed by atoms with E-state index < -0.39 is 5.60 Å². The number of hydrogen-bond donors (Lipinski definition) is 1. The van der Waals surface area contributed by atoms with Gasteiger partial charge < -0.3 is 10.5 Å². The number of ether oxygens (including phenoxy) is 1. The minimum Gasteiger partial charge on any atom is -0.444 e. The lowest BCUT2D eigenvalue weighted by molar-refractivity contribution is 0.0238. The zero-order valence-electron chi connectivity index (χ0n) is 12.1. The van der Waals surface area contributed by atoms with Crippen LogP contribution in [-0.2, 0) is 31.3 Å². The molecule has 0 saturated carbocycles. The number of aryl methyl sites for hydroxylation is 1. The number of carbonyl (C=O) groups is 1. The summed E-state index contributed by atoms with van der Waals surface area (Å²) in [5, 5.41) is 4.45. The number of amides is 1. The molecule has 2 rings (SSSR count). The summed E-state index contributed by atoms with van der Waals surface area (Å²) in [4.78, 5) is 13.8. The highest BCUT2D eigenvalue weighted by molar-refractivity contribution is 5.69. The number of hydrogen-bond acceptors (Lipinski definition) is 4. The van der Waals surface area contributed by atoms with Crippen LogP contribution < -0.4 is 5.73 Å². The molecule has 1 aromatic heterocycles. The summed E-state index contributed by atoms with van der Waals surface area (Å²) in [7, 11) is 1.90. The molecule has 19 heavy (non-hydrogen) atoms. The van der Waals surface area contributed by atoms with Crippen LogP contribution in [0.5, 0.6) is 0 Å². The molecule has 0 unspecified atom stereocenters. The van der Waals surface area contributed by atoms with Crippen LogP contribution in [0, 0.1) is 0 Å². The highest BCUT2D eigenvalue weighted by atomic mass is 16.6. The average molecular weight is 266 g/mol. The molecule has 1 aliphatic heterocycles. The van der Waals surface area contributed by atoms with Crippen molar-refractivity contribution in [2.75, 3.05) is 6.54 Å². The molecule has 0 spiro atoms. The third kappa shape index (κ3) is 2.89. The van der Waals surface area contributed by atoms with Crippen LogP contribution in [0.15, 0.2) is 0 Å². The summed E-state index contributed by atoms with van der Waals surface area (Å²) in [5.41, 5.74) is 8.31. The van der Waals surface area contributed by atoms with E-state index in [1.54, 1.807) is 4.90 Å². The molecule has 2 N–H and O–H groups in total. The number of rotatable bonds is 2. The van der Waals surface area contributed by atoms with Crippen molar-refractivity contribution in [1.29, 1.82) is 0 Å². The lowest BCUT2D eigenvalue weighted by atomic mass is 10.2. The molecule has 0 saturated heterocycles. The number of carbonyl (C=O) groups excluding carboxylic acids is 1. The van der Waals surface area contributed by atoms with Gasteiger partial charge in [-0.2, -0.15) is 5.10 Å². The SMILES string of the molecule is Cn1nc(CCN)c2c1CN(C(=O)OC(C)(C)C)C2. The van der Waals surface area contributed by atoms with E-state index in [2.05, 4.69) is 5.10 Å². The van der Waals surface area contributed by atoms with E-state index in [4.69, 9.17) is 10.5 Å². The summed E-state index contributed by atoms with van der Waals surface area (Å²) in [6.07, 6.45) is 0.466. The molecule has 1 amide bonds. The Balaban J connectivity index is 2.12. The maximum absolute atomic E-state index is 12.1. The van der Waals surface area contributed by atoms with Crippen molar-refractivity contribution in [1.82, 2.24) is 14.7 Å². The van der Waals surface area contributed by atoms with Gasteiger partial charge >= 0.3 is 6.09 Å². The van der Waals surface area contributed by atoms with Crippen molar-refractivity contribution in [2.24, 2.45) is 12.8 Å². The van der Waals surface area contributed by atoms with Crippen LogP contribution in [0.2, 0.25) is 0 Å². The second kappa shape index (κ2) is 4.85. The topological polar surface area (TPSA) is 73.4 Å². The molecule has 1 aliphatic rings. The molecule has 0 bridgehead atoms. The number of nitrogens with zero attached hydrogens (tertiary/aromatic N) is 3. The van der Waals surface area contributed by atoms with E-state index in [1.807, 2.05) is 32.5 Å². The highest BCUT2D eigenvalue weighted by Crippen LogP contribution is 2.27. The first-order chi connectivity index (χ1) is 8.81. The van der Waals surface area contributed by atoms with Gasteiger partial charge in [-0.05, 0) is 27.3 Å². The Labute approximate surface area is 113 Å². The summed E-state index contributed by atoms with van der Waals surface area (Å²) in [5.74, 6) is 0. The van der Waals surface area contributed by atoms with Crippen molar-refractivity contribution >= 4 is 6.09 Å². The van der Waals surface area contributed by atoms with E-state index in [9.17, 15) is 4.79 Å². The molecule has 0 fully saturated rings. The van der Waals surface area contributed by atoms with E-state index in [-0.39, 0.29) is 6.09 Å². The van der Waals surface area contributed by atoms with Gasteiger partial charge in [0.25, 0.3) is 0 Å². The second-order valence-corrected chi connectivity index (χ2v) is 5.87. The van der Waals surface area contributed by atoms with Gasteiger partial charge in [0.1, 0.15) is 5.60 Å². The first-order valence-electron chi connectivity index (χ1n) is 6.53. The standard InChI is InChI=1S/C13H22N4O2/c1-13(2,3)19-12(18)17-7-9-10(5-6-14)15-16(4)11(9)8-17/h5-8,14H2,1-4H3. The molecule has 106 valence electrons. The maximum Gasteiger partial charge on any atom is 0.410 e. The lowest BCUT2D eigenvalue weighted by Crippen LogP contribution is -2.33. The molecule has 2 heterocycles. The first-order valence-corrected chi connectivity index (χ1v) is 6.53. The van der Waals surface area contributed by atoms with Crippen molar-refractivity contribution in [3.63, 3.8) is 0 Å². The fourth-order valence-electron chi connectivity index (χ4n) is 2.26. The molecular weight excluding hydrogens is 244 g/mol.